The van der Waals surface area contributed by atoms with E-state index in [1.165, 1.54) is 26.5 Å². The van der Waals surface area contributed by atoms with Crippen molar-refractivity contribution in [1.82, 2.24) is 19.2 Å². The number of hydrogen-bond acceptors (Lipinski definition) is 6. The Morgan fingerprint density at radius 2 is 2.08 bits per heavy atom. The predicted octanol–water partition coefficient (Wildman–Crippen LogP) is 1.36. The van der Waals surface area contributed by atoms with Gasteiger partial charge in [-0.05, 0) is 18.4 Å². The molecule has 0 aliphatic heterocycles. The van der Waals surface area contributed by atoms with Crippen molar-refractivity contribution in [3.8, 4) is 6.07 Å². The number of nitriles is 1. The van der Waals surface area contributed by atoms with E-state index in [1.807, 2.05) is 19.9 Å². The van der Waals surface area contributed by atoms with E-state index in [9.17, 15) is 14.9 Å². The molecule has 0 unspecified atom stereocenters. The van der Waals surface area contributed by atoms with Gasteiger partial charge < -0.3 is 0 Å². The zero-order valence-corrected chi connectivity index (χ0v) is 14.1. The molecule has 0 amide bonds. The lowest BCUT2D eigenvalue weighted by Crippen LogP contribution is -2.30. The van der Waals surface area contributed by atoms with Crippen LogP contribution in [0.15, 0.2) is 27.2 Å². The minimum atomic E-state index is -0.445. The highest BCUT2D eigenvalue weighted by molar-refractivity contribution is 7.15. The molecular weight excluding hydrogens is 326 g/mol. The molecule has 3 heterocycles. The summed E-state index contributed by atoms with van der Waals surface area (Å²) in [6.07, 6.45) is 2.86. The predicted molar refractivity (Wildman–Crippen MR) is 90.4 cm³/mol. The molecule has 0 spiro atoms. The summed E-state index contributed by atoms with van der Waals surface area (Å²) in [5.41, 5.74) is 1.35. The summed E-state index contributed by atoms with van der Waals surface area (Å²) in [6.45, 7) is 3.89. The Hall–Kier alpha value is -2.79. The molecule has 8 heteroatoms. The number of nitrogens with zero attached hydrogens (tertiary/aromatic N) is 5. The van der Waals surface area contributed by atoms with E-state index < -0.39 is 5.56 Å². The average molecular weight is 341 g/mol. The van der Waals surface area contributed by atoms with Gasteiger partial charge in [0.2, 0.25) is 0 Å². The van der Waals surface area contributed by atoms with Crippen molar-refractivity contribution in [3.63, 3.8) is 0 Å². The molecule has 0 radical (unpaired) electrons. The van der Waals surface area contributed by atoms with Gasteiger partial charge in [-0.25, -0.2) is 9.67 Å². The smallest absolute Gasteiger partial charge is 0.269 e. The fourth-order valence-corrected chi connectivity index (χ4v) is 3.40. The van der Waals surface area contributed by atoms with E-state index in [2.05, 4.69) is 10.1 Å². The molecule has 0 bridgehead atoms. The first kappa shape index (κ1) is 16.1. The third-order valence-corrected chi connectivity index (χ3v) is 4.56. The Balaban J connectivity index is 2.14. The third kappa shape index (κ3) is 2.63. The van der Waals surface area contributed by atoms with Crippen molar-refractivity contribution in [2.75, 3.05) is 0 Å². The SMILES string of the molecule is CCc1nn(Cc2cc(=O)n3ccsc3n2)c(=O)c(C#N)c1CC. The third-order valence-electron chi connectivity index (χ3n) is 3.81. The van der Waals surface area contributed by atoms with Crippen LogP contribution in [-0.4, -0.2) is 19.2 Å². The second-order valence-electron chi connectivity index (χ2n) is 5.22. The van der Waals surface area contributed by atoms with Crippen LogP contribution < -0.4 is 11.1 Å². The molecule has 0 N–H and O–H groups in total. The van der Waals surface area contributed by atoms with Gasteiger partial charge in [-0.2, -0.15) is 10.4 Å². The first-order valence-corrected chi connectivity index (χ1v) is 8.45. The van der Waals surface area contributed by atoms with Crippen LogP contribution in [0.25, 0.3) is 4.96 Å². The molecule has 0 aliphatic carbocycles. The van der Waals surface area contributed by atoms with Gasteiger partial charge >= 0.3 is 0 Å². The van der Waals surface area contributed by atoms with E-state index in [1.54, 1.807) is 11.6 Å². The summed E-state index contributed by atoms with van der Waals surface area (Å²) < 4.78 is 2.67. The standard InChI is InChI=1S/C16H15N5O2S/c1-3-11-12(8-17)15(23)21(19-13(11)4-2)9-10-7-14(22)20-5-6-24-16(20)18-10/h5-7H,3-4,9H2,1-2H3. The lowest BCUT2D eigenvalue weighted by Gasteiger charge is -2.11. The van der Waals surface area contributed by atoms with E-state index in [0.29, 0.717) is 29.1 Å². The van der Waals surface area contributed by atoms with E-state index >= 15 is 0 Å². The highest BCUT2D eigenvalue weighted by atomic mass is 32.1. The van der Waals surface area contributed by atoms with Crippen LogP contribution in [0.1, 0.15) is 36.4 Å². The van der Waals surface area contributed by atoms with Gasteiger partial charge in [-0.1, -0.05) is 13.8 Å². The van der Waals surface area contributed by atoms with Crippen LogP contribution >= 0.6 is 11.3 Å². The molecule has 0 fully saturated rings. The zero-order chi connectivity index (χ0) is 17.3. The van der Waals surface area contributed by atoms with Gasteiger partial charge in [-0.15, -0.1) is 11.3 Å². The Bertz CT molecular complexity index is 1070. The summed E-state index contributed by atoms with van der Waals surface area (Å²) in [4.78, 5) is 29.5. The van der Waals surface area contributed by atoms with Gasteiger partial charge in [0.25, 0.3) is 11.1 Å². The normalized spacial score (nSPS) is 10.9. The van der Waals surface area contributed by atoms with E-state index in [0.717, 1.165) is 5.69 Å². The summed E-state index contributed by atoms with van der Waals surface area (Å²) in [7, 11) is 0. The number of thiazole rings is 1. The molecule has 122 valence electrons. The van der Waals surface area contributed by atoms with Gasteiger partial charge in [0.05, 0.1) is 17.9 Å². The van der Waals surface area contributed by atoms with Crippen LogP contribution in [0.4, 0.5) is 0 Å². The summed E-state index contributed by atoms with van der Waals surface area (Å²) >= 11 is 1.34. The molecule has 0 atom stereocenters. The van der Waals surface area contributed by atoms with Crippen LogP contribution in [0.2, 0.25) is 0 Å². The maximum Gasteiger partial charge on any atom is 0.285 e. The molecule has 0 saturated carbocycles. The number of rotatable bonds is 4. The van der Waals surface area contributed by atoms with Crippen LogP contribution in [0.3, 0.4) is 0 Å². The van der Waals surface area contributed by atoms with Crippen molar-refractivity contribution in [2.24, 2.45) is 0 Å². The van der Waals surface area contributed by atoms with Crippen molar-refractivity contribution in [2.45, 2.75) is 33.2 Å². The van der Waals surface area contributed by atoms with Crippen LogP contribution in [0.5, 0.6) is 0 Å². The maximum atomic E-state index is 12.5. The minimum Gasteiger partial charge on any atom is -0.269 e. The molecule has 0 aliphatic rings. The van der Waals surface area contributed by atoms with Gasteiger partial charge in [0.15, 0.2) is 4.96 Å². The van der Waals surface area contributed by atoms with Crippen molar-refractivity contribution in [1.29, 1.82) is 5.26 Å². The molecule has 0 saturated heterocycles. The number of fused-ring (bicyclic) bond motifs is 1. The Morgan fingerprint density at radius 3 is 2.75 bits per heavy atom. The highest BCUT2D eigenvalue weighted by Crippen LogP contribution is 2.11. The van der Waals surface area contributed by atoms with Crippen molar-refractivity contribution < 1.29 is 0 Å². The second kappa shape index (κ2) is 6.37. The van der Waals surface area contributed by atoms with Gasteiger partial charge in [0.1, 0.15) is 11.6 Å². The van der Waals surface area contributed by atoms with Gasteiger partial charge in [0, 0.05) is 17.6 Å². The molecule has 0 aromatic carbocycles. The first-order chi connectivity index (χ1) is 11.6. The van der Waals surface area contributed by atoms with Crippen molar-refractivity contribution in [3.05, 3.63) is 60.9 Å². The maximum absolute atomic E-state index is 12.5. The van der Waals surface area contributed by atoms with Gasteiger partial charge in [-0.3, -0.25) is 14.0 Å². The Labute approximate surface area is 141 Å². The average Bonchev–Trinajstić information content (AvgIpc) is 3.05. The summed E-state index contributed by atoms with van der Waals surface area (Å²) in [5.74, 6) is 0. The summed E-state index contributed by atoms with van der Waals surface area (Å²) in [6, 6.07) is 3.38. The largest absolute Gasteiger partial charge is 0.285 e. The molecule has 3 aromatic rings. The minimum absolute atomic E-state index is 0.0636. The van der Waals surface area contributed by atoms with E-state index in [4.69, 9.17) is 0 Å². The van der Waals surface area contributed by atoms with Crippen LogP contribution in [-0.2, 0) is 19.4 Å². The van der Waals surface area contributed by atoms with E-state index in [-0.39, 0.29) is 17.7 Å². The first-order valence-electron chi connectivity index (χ1n) is 7.57. The molecule has 3 rings (SSSR count). The fourth-order valence-electron chi connectivity index (χ4n) is 2.66. The molecular formula is C16H15N5O2S. The quantitative estimate of drug-likeness (QED) is 0.714. The number of hydrogen-bond donors (Lipinski definition) is 0. The lowest BCUT2D eigenvalue weighted by atomic mass is 10.0. The zero-order valence-electron chi connectivity index (χ0n) is 13.3. The topological polar surface area (TPSA) is 93.0 Å². The number of aryl methyl sites for hydroxylation is 1. The Kier molecular flexibility index (Phi) is 4.27. The number of aromatic nitrogens is 4. The lowest BCUT2D eigenvalue weighted by molar-refractivity contribution is 0.602. The summed E-state index contributed by atoms with van der Waals surface area (Å²) in [5, 5.41) is 15.5. The monoisotopic (exact) mass is 341 g/mol. The molecule has 24 heavy (non-hydrogen) atoms. The fraction of sp³-hybridized carbons (Fsp3) is 0.312. The Morgan fingerprint density at radius 1 is 1.29 bits per heavy atom. The highest BCUT2D eigenvalue weighted by Gasteiger charge is 2.16. The van der Waals surface area contributed by atoms with Crippen molar-refractivity contribution >= 4 is 16.3 Å². The molecule has 7 nitrogen and oxygen atoms in total. The van der Waals surface area contributed by atoms with Crippen LogP contribution in [0, 0.1) is 11.3 Å². The second-order valence-corrected chi connectivity index (χ2v) is 6.10. The molecule has 3 aromatic heterocycles.